The lowest BCUT2D eigenvalue weighted by Gasteiger charge is -2.27. The molecule has 0 N–H and O–H groups in total. The second-order valence-corrected chi connectivity index (χ2v) is 4.49. The molecule has 0 atom stereocenters. The first-order valence-electron chi connectivity index (χ1n) is 5.76. The molecule has 1 aromatic heterocycles. The number of aromatic nitrogens is 1. The summed E-state index contributed by atoms with van der Waals surface area (Å²) in [5, 5.41) is 2.39. The first-order valence-corrected chi connectivity index (χ1v) is 5.76. The van der Waals surface area contributed by atoms with Crippen molar-refractivity contribution in [3.63, 3.8) is 0 Å². The first-order chi connectivity index (χ1) is 8.34. The molecule has 0 saturated heterocycles. The Balaban J connectivity index is 2.19. The molecule has 0 saturated carbocycles. The van der Waals surface area contributed by atoms with E-state index in [9.17, 15) is 0 Å². The molecular weight excluding hydrogens is 216 g/mol. The van der Waals surface area contributed by atoms with Crippen LogP contribution < -0.4 is 14.4 Å². The Kier molecular flexibility index (Phi) is 1.62. The fourth-order valence-corrected chi connectivity index (χ4v) is 2.69. The standard InChI is InChI=1S/C13H12N2O2/c1-15-5-3-9-11-8(2-4-14-9)6-10-13(12(11)15)17-7-16-10/h2,4,6H,3,5,7H2,1H3. The molecule has 4 heteroatoms. The van der Waals surface area contributed by atoms with Gasteiger partial charge in [0, 0.05) is 31.6 Å². The van der Waals surface area contributed by atoms with E-state index in [4.69, 9.17) is 9.47 Å². The van der Waals surface area contributed by atoms with Crippen LogP contribution in [0.5, 0.6) is 11.5 Å². The second-order valence-electron chi connectivity index (χ2n) is 4.49. The molecule has 0 amide bonds. The fraction of sp³-hybridized carbons (Fsp3) is 0.308. The number of ether oxygens (including phenoxy) is 2. The monoisotopic (exact) mass is 228 g/mol. The molecule has 2 aliphatic heterocycles. The van der Waals surface area contributed by atoms with Crippen LogP contribution in [0, 0.1) is 0 Å². The summed E-state index contributed by atoms with van der Waals surface area (Å²) in [5.74, 6) is 1.72. The van der Waals surface area contributed by atoms with Gasteiger partial charge in [0.25, 0.3) is 0 Å². The molecule has 0 unspecified atom stereocenters. The molecular formula is C13H12N2O2. The van der Waals surface area contributed by atoms with Crippen molar-refractivity contribution in [1.82, 2.24) is 4.98 Å². The number of fused-ring (bicyclic) bond motifs is 2. The van der Waals surface area contributed by atoms with Gasteiger partial charge in [0.1, 0.15) is 0 Å². The van der Waals surface area contributed by atoms with Crippen LogP contribution in [0.15, 0.2) is 18.3 Å². The maximum atomic E-state index is 5.60. The minimum atomic E-state index is 0.315. The van der Waals surface area contributed by atoms with Crippen LogP contribution in [0.1, 0.15) is 5.69 Å². The quantitative estimate of drug-likeness (QED) is 0.690. The third-order valence-corrected chi connectivity index (χ3v) is 3.51. The Bertz CT molecular complexity index is 624. The van der Waals surface area contributed by atoms with Crippen molar-refractivity contribution in [1.29, 1.82) is 0 Å². The molecule has 2 aromatic rings. The van der Waals surface area contributed by atoms with Crippen LogP contribution in [-0.4, -0.2) is 25.4 Å². The largest absolute Gasteiger partial charge is 0.453 e. The van der Waals surface area contributed by atoms with Crippen molar-refractivity contribution in [2.45, 2.75) is 6.42 Å². The van der Waals surface area contributed by atoms with Gasteiger partial charge < -0.3 is 14.4 Å². The maximum absolute atomic E-state index is 5.60. The molecule has 17 heavy (non-hydrogen) atoms. The molecule has 0 aliphatic carbocycles. The zero-order valence-corrected chi connectivity index (χ0v) is 9.56. The highest BCUT2D eigenvalue weighted by atomic mass is 16.7. The zero-order chi connectivity index (χ0) is 11.4. The van der Waals surface area contributed by atoms with Gasteiger partial charge in [0.2, 0.25) is 6.79 Å². The maximum Gasteiger partial charge on any atom is 0.231 e. The van der Waals surface area contributed by atoms with E-state index in [1.165, 1.54) is 10.8 Å². The Hall–Kier alpha value is -1.97. The Labute approximate surface area is 98.8 Å². The van der Waals surface area contributed by atoms with Crippen molar-refractivity contribution >= 4 is 16.5 Å². The first kappa shape index (κ1) is 9.10. The van der Waals surface area contributed by atoms with E-state index in [1.54, 1.807) is 0 Å². The number of benzene rings is 1. The second kappa shape index (κ2) is 3.03. The zero-order valence-electron chi connectivity index (χ0n) is 9.56. The van der Waals surface area contributed by atoms with Crippen LogP contribution in [0.2, 0.25) is 0 Å². The average Bonchev–Trinajstić information content (AvgIpc) is 2.80. The number of hydrogen-bond donors (Lipinski definition) is 0. The summed E-state index contributed by atoms with van der Waals surface area (Å²) in [6.07, 6.45) is 2.86. The summed E-state index contributed by atoms with van der Waals surface area (Å²) in [5.41, 5.74) is 2.29. The van der Waals surface area contributed by atoms with E-state index in [0.29, 0.717) is 6.79 Å². The van der Waals surface area contributed by atoms with Gasteiger partial charge in [-0.2, -0.15) is 0 Å². The van der Waals surface area contributed by atoms with Crippen LogP contribution >= 0.6 is 0 Å². The van der Waals surface area contributed by atoms with E-state index in [0.717, 1.165) is 35.8 Å². The molecule has 3 heterocycles. The van der Waals surface area contributed by atoms with Crippen LogP contribution in [0.3, 0.4) is 0 Å². The number of rotatable bonds is 0. The smallest absolute Gasteiger partial charge is 0.231 e. The Morgan fingerprint density at radius 2 is 2.29 bits per heavy atom. The lowest BCUT2D eigenvalue weighted by Crippen LogP contribution is -2.25. The summed E-state index contributed by atoms with van der Waals surface area (Å²) in [7, 11) is 2.09. The minimum Gasteiger partial charge on any atom is -0.453 e. The molecule has 1 aromatic carbocycles. The normalized spacial score (nSPS) is 16.6. The molecule has 0 fully saturated rings. The van der Waals surface area contributed by atoms with Gasteiger partial charge in [-0.05, 0) is 17.5 Å². The van der Waals surface area contributed by atoms with Crippen molar-refractivity contribution in [2.75, 3.05) is 25.3 Å². The van der Waals surface area contributed by atoms with Gasteiger partial charge in [-0.3, -0.25) is 4.98 Å². The van der Waals surface area contributed by atoms with Crippen molar-refractivity contribution in [3.05, 3.63) is 24.0 Å². The Morgan fingerprint density at radius 3 is 3.24 bits per heavy atom. The molecule has 0 spiro atoms. The molecule has 2 aliphatic rings. The highest BCUT2D eigenvalue weighted by Gasteiger charge is 2.27. The fourth-order valence-electron chi connectivity index (χ4n) is 2.69. The number of nitrogens with zero attached hydrogens (tertiary/aromatic N) is 2. The number of hydrogen-bond acceptors (Lipinski definition) is 4. The SMILES string of the molecule is CN1CCc2nccc3cc4c(c1c23)OCO4. The van der Waals surface area contributed by atoms with Crippen LogP contribution in [0.25, 0.3) is 10.8 Å². The van der Waals surface area contributed by atoms with Crippen molar-refractivity contribution in [2.24, 2.45) is 0 Å². The summed E-state index contributed by atoms with van der Waals surface area (Å²) in [4.78, 5) is 6.70. The predicted octanol–water partition coefficient (Wildman–Crippen LogP) is 1.96. The molecule has 4 rings (SSSR count). The lowest BCUT2D eigenvalue weighted by molar-refractivity contribution is 0.174. The number of anilines is 1. The van der Waals surface area contributed by atoms with Crippen molar-refractivity contribution < 1.29 is 9.47 Å². The lowest BCUT2D eigenvalue weighted by atomic mass is 10.0. The average molecular weight is 228 g/mol. The number of likely N-dealkylation sites (N-methyl/N-ethyl adjacent to an activating group) is 1. The summed E-state index contributed by atoms with van der Waals surface area (Å²) in [6.45, 7) is 1.29. The minimum absolute atomic E-state index is 0.315. The van der Waals surface area contributed by atoms with Gasteiger partial charge in [-0.15, -0.1) is 0 Å². The number of pyridine rings is 1. The molecule has 86 valence electrons. The van der Waals surface area contributed by atoms with E-state index in [2.05, 4.69) is 16.9 Å². The predicted molar refractivity (Wildman–Crippen MR) is 64.8 cm³/mol. The van der Waals surface area contributed by atoms with Gasteiger partial charge in [0.15, 0.2) is 11.5 Å². The van der Waals surface area contributed by atoms with E-state index >= 15 is 0 Å². The van der Waals surface area contributed by atoms with E-state index in [1.807, 2.05) is 18.3 Å². The molecule has 0 bridgehead atoms. The third-order valence-electron chi connectivity index (χ3n) is 3.51. The topological polar surface area (TPSA) is 34.6 Å². The Morgan fingerprint density at radius 1 is 1.35 bits per heavy atom. The third kappa shape index (κ3) is 1.10. The summed E-state index contributed by atoms with van der Waals surface area (Å²) < 4.78 is 11.1. The van der Waals surface area contributed by atoms with Gasteiger partial charge >= 0.3 is 0 Å². The molecule has 4 nitrogen and oxygen atoms in total. The summed E-state index contributed by atoms with van der Waals surface area (Å²) >= 11 is 0. The van der Waals surface area contributed by atoms with Gasteiger partial charge in [-0.1, -0.05) is 0 Å². The van der Waals surface area contributed by atoms with E-state index in [-0.39, 0.29) is 0 Å². The van der Waals surface area contributed by atoms with Gasteiger partial charge in [0.05, 0.1) is 11.4 Å². The van der Waals surface area contributed by atoms with Crippen LogP contribution in [0.4, 0.5) is 5.69 Å². The highest BCUT2D eigenvalue weighted by molar-refractivity contribution is 6.02. The molecule has 0 radical (unpaired) electrons. The van der Waals surface area contributed by atoms with Crippen molar-refractivity contribution in [3.8, 4) is 11.5 Å². The van der Waals surface area contributed by atoms with E-state index < -0.39 is 0 Å². The highest BCUT2D eigenvalue weighted by Crippen LogP contribution is 2.48. The van der Waals surface area contributed by atoms with Gasteiger partial charge in [-0.25, -0.2) is 0 Å². The van der Waals surface area contributed by atoms with Crippen LogP contribution in [-0.2, 0) is 6.42 Å². The summed E-state index contributed by atoms with van der Waals surface area (Å²) in [6, 6.07) is 4.08.